The van der Waals surface area contributed by atoms with E-state index in [4.69, 9.17) is 5.11 Å². The van der Waals surface area contributed by atoms with Gasteiger partial charge in [-0.1, -0.05) is 0 Å². The van der Waals surface area contributed by atoms with Crippen molar-refractivity contribution < 1.29 is 42.6 Å². The van der Waals surface area contributed by atoms with E-state index in [1.165, 1.54) is 6.29 Å². The monoisotopic (exact) mass is 173 g/mol. The van der Waals surface area contributed by atoms with Crippen LogP contribution in [0.25, 0.3) is 0 Å². The molecule has 0 aromatic heterocycles. The van der Waals surface area contributed by atoms with E-state index in [0.29, 0.717) is 0 Å². The van der Waals surface area contributed by atoms with Crippen molar-refractivity contribution in [2.75, 3.05) is 0 Å². The Labute approximate surface area is 67.5 Å². The molecule has 0 bridgehead atoms. The van der Waals surface area contributed by atoms with Crippen LogP contribution in [0.15, 0.2) is 11.8 Å². The zero-order chi connectivity index (χ0) is 4.99. The molecule has 1 N–H and O–H groups in total. The van der Waals surface area contributed by atoms with Crippen LogP contribution in [0, 0.1) is 6.92 Å². The summed E-state index contributed by atoms with van der Waals surface area (Å²) in [7, 11) is 0. The van der Waals surface area contributed by atoms with Crippen molar-refractivity contribution >= 4 is 6.29 Å². The maximum Gasteiger partial charge on any atom is 0 e. The molecular weight excluding hydrogens is 169 g/mol. The molecule has 0 unspecified atom stereocenters. The second-order valence-corrected chi connectivity index (χ2v) is 0.754. The van der Waals surface area contributed by atoms with Crippen molar-refractivity contribution in [2.24, 2.45) is 0 Å². The smallest absolute Gasteiger partial charge is 0 e. The van der Waals surface area contributed by atoms with E-state index < -0.39 is 0 Å². The first kappa shape index (κ1) is 10.2. The number of hydrogen-bond donors (Lipinski definition) is 1. The number of rotatable bonds is 1. The molecule has 0 saturated carbocycles. The topological polar surface area (TPSA) is 37.3 Å². The number of aliphatic hydroxyl groups excluding tert-OH is 1. The summed E-state index contributed by atoms with van der Waals surface area (Å²) in [6.07, 6.45) is 2.19. The Hall–Kier alpha value is 0.184. The molecule has 0 amide bonds. The van der Waals surface area contributed by atoms with Gasteiger partial charge in [-0.2, -0.15) is 0 Å². The summed E-state index contributed by atoms with van der Waals surface area (Å²) in [6.45, 7) is 2.98. The van der Waals surface area contributed by atoms with Crippen LogP contribution < -0.4 is 0 Å². The number of allylic oxidation sites excluding steroid dienone is 2. The average Bonchev–Trinajstić information content (AvgIpc) is 1.35. The maximum absolute atomic E-state index is 9.21. The summed E-state index contributed by atoms with van der Waals surface area (Å²) in [6, 6.07) is 0. The predicted molar refractivity (Wildman–Crippen MR) is 21.8 cm³/mol. The first-order valence-electron chi connectivity index (χ1n) is 1.36. The molecular formula is C4H4O2Y-2. The van der Waals surface area contributed by atoms with Gasteiger partial charge in [-0.25, -0.2) is 5.76 Å². The summed E-state index contributed by atoms with van der Waals surface area (Å²) in [5, 5.41) is 8.04. The van der Waals surface area contributed by atoms with E-state index in [1.54, 1.807) is 0 Å². The van der Waals surface area contributed by atoms with E-state index in [2.05, 4.69) is 6.92 Å². The molecule has 0 aliphatic rings. The summed E-state index contributed by atoms with van der Waals surface area (Å²) >= 11 is 0. The fourth-order valence-electron chi connectivity index (χ4n) is 0.0680. The molecule has 0 rings (SSSR count). The minimum atomic E-state index is -0.259. The maximum atomic E-state index is 9.21. The second kappa shape index (κ2) is 6.18. The molecule has 0 aromatic carbocycles. The van der Waals surface area contributed by atoms with Gasteiger partial charge in [-0.15, -0.1) is 6.29 Å². The molecule has 2 nitrogen and oxygen atoms in total. The van der Waals surface area contributed by atoms with Gasteiger partial charge in [-0.3, -0.25) is 6.92 Å². The van der Waals surface area contributed by atoms with Crippen molar-refractivity contribution in [2.45, 2.75) is 0 Å². The molecule has 0 aliphatic carbocycles. The standard InChI is InChI=1S/C4H4O2.Y/c1-4(6)2-3-5;/h2,6H,1H2;/q-2;/b4-2+;. The average molecular weight is 173 g/mol. The first-order valence-corrected chi connectivity index (χ1v) is 1.36. The molecule has 7 heavy (non-hydrogen) atoms. The van der Waals surface area contributed by atoms with Crippen LogP contribution in [0.4, 0.5) is 0 Å². The molecule has 37 valence electrons. The SMILES string of the molecule is [CH2-]/C(O)=C\[C-]=O.[Y]. The van der Waals surface area contributed by atoms with Crippen molar-refractivity contribution in [3.8, 4) is 0 Å². The van der Waals surface area contributed by atoms with Crippen LogP contribution in [-0.2, 0) is 37.5 Å². The largest absolute Gasteiger partial charge is 0.629 e. The Balaban J connectivity index is 0. The minimum absolute atomic E-state index is 0. The van der Waals surface area contributed by atoms with Gasteiger partial charge in [0.2, 0.25) is 0 Å². The van der Waals surface area contributed by atoms with Gasteiger partial charge in [0.1, 0.15) is 0 Å². The summed E-state index contributed by atoms with van der Waals surface area (Å²) in [5.74, 6) is -0.259. The quantitative estimate of drug-likeness (QED) is 0.353. The van der Waals surface area contributed by atoms with Crippen molar-refractivity contribution in [3.05, 3.63) is 18.8 Å². The molecule has 0 atom stereocenters. The third kappa shape index (κ3) is 10.7. The molecule has 3 heteroatoms. The van der Waals surface area contributed by atoms with Crippen LogP contribution in [0.1, 0.15) is 0 Å². The summed E-state index contributed by atoms with van der Waals surface area (Å²) in [4.78, 5) is 9.21. The molecule has 0 saturated heterocycles. The van der Waals surface area contributed by atoms with Crippen LogP contribution in [0.5, 0.6) is 0 Å². The van der Waals surface area contributed by atoms with E-state index in [0.717, 1.165) is 6.08 Å². The summed E-state index contributed by atoms with van der Waals surface area (Å²) in [5.41, 5.74) is 0. The minimum Gasteiger partial charge on any atom is -0.629 e. The van der Waals surface area contributed by atoms with E-state index in [-0.39, 0.29) is 38.5 Å². The van der Waals surface area contributed by atoms with Gasteiger partial charge in [0, 0.05) is 32.7 Å². The van der Waals surface area contributed by atoms with Gasteiger partial charge in [0.25, 0.3) is 0 Å². The molecule has 0 heterocycles. The van der Waals surface area contributed by atoms with Crippen LogP contribution in [0.3, 0.4) is 0 Å². The third-order valence-electron chi connectivity index (χ3n) is 0.226. The zero-order valence-corrected chi connectivity index (χ0v) is 6.56. The number of aliphatic hydroxyl groups is 1. The molecule has 0 aliphatic heterocycles. The van der Waals surface area contributed by atoms with E-state index in [9.17, 15) is 4.79 Å². The van der Waals surface area contributed by atoms with Crippen molar-refractivity contribution in [1.29, 1.82) is 0 Å². The van der Waals surface area contributed by atoms with Crippen molar-refractivity contribution in [1.82, 2.24) is 0 Å². The fraction of sp³-hybridized carbons (Fsp3) is 0. The van der Waals surface area contributed by atoms with Gasteiger partial charge >= 0.3 is 0 Å². The fourth-order valence-corrected chi connectivity index (χ4v) is 0.0680. The zero-order valence-electron chi connectivity index (χ0n) is 3.72. The van der Waals surface area contributed by atoms with Gasteiger partial charge in [-0.05, 0) is 0 Å². The summed E-state index contributed by atoms with van der Waals surface area (Å²) < 4.78 is 0. The Bertz CT molecular complexity index is 73.8. The van der Waals surface area contributed by atoms with E-state index in [1.807, 2.05) is 0 Å². The molecule has 1 radical (unpaired) electrons. The normalized spacial score (nSPS) is 9.43. The Kier molecular flexibility index (Phi) is 9.03. The Morgan fingerprint density at radius 1 is 1.86 bits per heavy atom. The molecule has 0 aromatic rings. The number of carbonyl (C=O) groups excluding carboxylic acids is 1. The van der Waals surface area contributed by atoms with Gasteiger partial charge in [0.15, 0.2) is 0 Å². The number of hydrogen-bond acceptors (Lipinski definition) is 2. The predicted octanol–water partition coefficient (Wildman–Crippen LogP) is 0.370. The Morgan fingerprint density at radius 3 is 2.29 bits per heavy atom. The first-order chi connectivity index (χ1) is 2.77. The molecule has 0 spiro atoms. The van der Waals surface area contributed by atoms with E-state index >= 15 is 0 Å². The van der Waals surface area contributed by atoms with Crippen LogP contribution >= 0.6 is 0 Å². The van der Waals surface area contributed by atoms with Gasteiger partial charge in [0.05, 0.1) is 0 Å². The van der Waals surface area contributed by atoms with Crippen molar-refractivity contribution in [3.63, 3.8) is 0 Å². The third-order valence-corrected chi connectivity index (χ3v) is 0.226. The Morgan fingerprint density at radius 2 is 2.29 bits per heavy atom. The van der Waals surface area contributed by atoms with Gasteiger partial charge < -0.3 is 16.0 Å². The van der Waals surface area contributed by atoms with Crippen LogP contribution in [0.2, 0.25) is 0 Å². The molecule has 0 fully saturated rings. The van der Waals surface area contributed by atoms with Crippen LogP contribution in [-0.4, -0.2) is 11.4 Å². The second-order valence-electron chi connectivity index (χ2n) is 0.754.